The third-order valence-corrected chi connectivity index (χ3v) is 3.92. The van der Waals surface area contributed by atoms with Crippen molar-refractivity contribution >= 4 is 0 Å². The van der Waals surface area contributed by atoms with Crippen LogP contribution in [0.3, 0.4) is 0 Å². The predicted octanol–water partition coefficient (Wildman–Crippen LogP) is 1.86. The minimum Gasteiger partial charge on any atom is -0.391 e. The Hall–Kier alpha value is -1.37. The van der Waals surface area contributed by atoms with Crippen LogP contribution in [0.2, 0.25) is 0 Å². The molecule has 0 saturated carbocycles. The molecule has 96 valence electrons. The SMILES string of the molecule is Cc1cc(C#N)ccc1C[C@@H](O)[C@@H]1CCCN1C. The Morgan fingerprint density at radius 2 is 2.33 bits per heavy atom. The van der Waals surface area contributed by atoms with Crippen LogP contribution >= 0.6 is 0 Å². The highest BCUT2D eigenvalue weighted by Crippen LogP contribution is 2.22. The molecule has 0 spiro atoms. The third-order valence-electron chi connectivity index (χ3n) is 3.92. The molecular formula is C15H20N2O. The summed E-state index contributed by atoms with van der Waals surface area (Å²) in [4.78, 5) is 2.24. The first kappa shape index (κ1) is 13.1. The molecule has 0 aromatic heterocycles. The first-order chi connectivity index (χ1) is 8.61. The number of aryl methyl sites for hydroxylation is 1. The molecule has 1 N–H and O–H groups in total. The number of hydrogen-bond donors (Lipinski definition) is 1. The Labute approximate surface area is 109 Å². The molecule has 1 heterocycles. The molecule has 1 aliphatic heterocycles. The van der Waals surface area contributed by atoms with Crippen molar-refractivity contribution in [1.82, 2.24) is 4.90 Å². The Balaban J connectivity index is 2.07. The highest BCUT2D eigenvalue weighted by molar-refractivity contribution is 5.37. The molecule has 3 heteroatoms. The van der Waals surface area contributed by atoms with Gasteiger partial charge in [0, 0.05) is 12.5 Å². The maximum Gasteiger partial charge on any atom is 0.0991 e. The van der Waals surface area contributed by atoms with Crippen molar-refractivity contribution in [2.24, 2.45) is 0 Å². The van der Waals surface area contributed by atoms with Crippen molar-refractivity contribution in [3.05, 3.63) is 34.9 Å². The number of likely N-dealkylation sites (tertiary alicyclic amines) is 1. The van der Waals surface area contributed by atoms with E-state index in [9.17, 15) is 5.11 Å². The second kappa shape index (κ2) is 5.51. The molecule has 1 aliphatic rings. The number of likely N-dealkylation sites (N-methyl/N-ethyl adjacent to an activating group) is 1. The highest BCUT2D eigenvalue weighted by Gasteiger charge is 2.28. The van der Waals surface area contributed by atoms with Crippen LogP contribution < -0.4 is 0 Å². The van der Waals surface area contributed by atoms with Gasteiger partial charge in [0.1, 0.15) is 0 Å². The Bertz CT molecular complexity index is 464. The van der Waals surface area contributed by atoms with Gasteiger partial charge in [-0.15, -0.1) is 0 Å². The third kappa shape index (κ3) is 2.72. The number of aliphatic hydroxyl groups is 1. The van der Waals surface area contributed by atoms with Gasteiger partial charge >= 0.3 is 0 Å². The minimum absolute atomic E-state index is 0.278. The van der Waals surface area contributed by atoms with Crippen molar-refractivity contribution in [2.45, 2.75) is 38.3 Å². The van der Waals surface area contributed by atoms with Gasteiger partial charge in [0.05, 0.1) is 17.7 Å². The fourth-order valence-electron chi connectivity index (χ4n) is 2.78. The number of rotatable bonds is 3. The number of nitrogens with zero attached hydrogens (tertiary/aromatic N) is 2. The van der Waals surface area contributed by atoms with Gasteiger partial charge in [0.2, 0.25) is 0 Å². The van der Waals surface area contributed by atoms with E-state index in [0.29, 0.717) is 12.0 Å². The molecule has 1 aromatic rings. The smallest absolute Gasteiger partial charge is 0.0991 e. The van der Waals surface area contributed by atoms with Crippen LogP contribution in [0.4, 0.5) is 0 Å². The zero-order chi connectivity index (χ0) is 13.1. The Morgan fingerprint density at radius 3 is 2.89 bits per heavy atom. The lowest BCUT2D eigenvalue weighted by atomic mass is 9.96. The van der Waals surface area contributed by atoms with Gasteiger partial charge in [-0.1, -0.05) is 6.07 Å². The van der Waals surface area contributed by atoms with Crippen LogP contribution in [-0.2, 0) is 6.42 Å². The molecule has 0 aliphatic carbocycles. The van der Waals surface area contributed by atoms with E-state index >= 15 is 0 Å². The van der Waals surface area contributed by atoms with Crippen molar-refractivity contribution in [3.8, 4) is 6.07 Å². The first-order valence-electron chi connectivity index (χ1n) is 6.49. The second-order valence-electron chi connectivity index (χ2n) is 5.21. The molecule has 18 heavy (non-hydrogen) atoms. The first-order valence-corrected chi connectivity index (χ1v) is 6.49. The van der Waals surface area contributed by atoms with E-state index in [1.165, 1.54) is 6.42 Å². The number of aliphatic hydroxyl groups excluding tert-OH is 1. The fraction of sp³-hybridized carbons (Fsp3) is 0.533. The fourth-order valence-corrected chi connectivity index (χ4v) is 2.78. The van der Waals surface area contributed by atoms with Crippen molar-refractivity contribution in [1.29, 1.82) is 5.26 Å². The molecule has 0 bridgehead atoms. The maximum atomic E-state index is 10.3. The minimum atomic E-state index is -0.316. The van der Waals surface area contributed by atoms with Gasteiger partial charge in [-0.05, 0) is 56.6 Å². The van der Waals surface area contributed by atoms with Crippen molar-refractivity contribution < 1.29 is 5.11 Å². The average Bonchev–Trinajstić information content (AvgIpc) is 2.78. The number of nitriles is 1. The van der Waals surface area contributed by atoms with E-state index in [1.54, 1.807) is 0 Å². The monoisotopic (exact) mass is 244 g/mol. The summed E-state index contributed by atoms with van der Waals surface area (Å²) in [5, 5.41) is 19.2. The summed E-state index contributed by atoms with van der Waals surface area (Å²) in [5.41, 5.74) is 2.92. The molecule has 0 radical (unpaired) electrons. The molecule has 2 rings (SSSR count). The van der Waals surface area contributed by atoms with Gasteiger partial charge in [-0.25, -0.2) is 0 Å². The molecule has 0 unspecified atom stereocenters. The Morgan fingerprint density at radius 1 is 1.56 bits per heavy atom. The van der Waals surface area contributed by atoms with Crippen LogP contribution in [0.25, 0.3) is 0 Å². The van der Waals surface area contributed by atoms with Crippen LogP contribution in [0.5, 0.6) is 0 Å². The topological polar surface area (TPSA) is 47.3 Å². The van der Waals surface area contributed by atoms with E-state index in [2.05, 4.69) is 18.0 Å². The molecule has 3 nitrogen and oxygen atoms in total. The van der Waals surface area contributed by atoms with Crippen molar-refractivity contribution in [2.75, 3.05) is 13.6 Å². The summed E-state index contributed by atoms with van der Waals surface area (Å²) in [5.74, 6) is 0. The quantitative estimate of drug-likeness (QED) is 0.883. The molecule has 2 atom stereocenters. The lowest BCUT2D eigenvalue weighted by Gasteiger charge is -2.25. The van der Waals surface area contributed by atoms with Gasteiger partial charge in [0.15, 0.2) is 0 Å². The highest BCUT2D eigenvalue weighted by atomic mass is 16.3. The molecular weight excluding hydrogens is 224 g/mol. The zero-order valence-electron chi connectivity index (χ0n) is 11.1. The lowest BCUT2D eigenvalue weighted by molar-refractivity contribution is 0.0858. The van der Waals surface area contributed by atoms with E-state index in [-0.39, 0.29) is 12.1 Å². The second-order valence-corrected chi connectivity index (χ2v) is 5.21. The van der Waals surface area contributed by atoms with Crippen LogP contribution in [0, 0.1) is 18.3 Å². The van der Waals surface area contributed by atoms with Gasteiger partial charge in [0.25, 0.3) is 0 Å². The Kier molecular flexibility index (Phi) is 4.00. The lowest BCUT2D eigenvalue weighted by Crippen LogP contribution is -2.37. The van der Waals surface area contributed by atoms with Gasteiger partial charge in [-0.3, -0.25) is 0 Å². The summed E-state index contributed by atoms with van der Waals surface area (Å²) in [7, 11) is 2.08. The van der Waals surface area contributed by atoms with Crippen LogP contribution in [0.1, 0.15) is 29.5 Å². The molecule has 1 aromatic carbocycles. The molecule has 0 amide bonds. The van der Waals surface area contributed by atoms with E-state index in [4.69, 9.17) is 5.26 Å². The maximum absolute atomic E-state index is 10.3. The van der Waals surface area contributed by atoms with E-state index in [1.807, 2.05) is 25.1 Å². The number of hydrogen-bond acceptors (Lipinski definition) is 3. The van der Waals surface area contributed by atoms with E-state index in [0.717, 1.165) is 24.1 Å². The molecule has 1 fully saturated rings. The summed E-state index contributed by atoms with van der Waals surface area (Å²) in [6.07, 6.45) is 2.61. The van der Waals surface area contributed by atoms with E-state index < -0.39 is 0 Å². The van der Waals surface area contributed by atoms with Gasteiger partial charge < -0.3 is 10.0 Å². The zero-order valence-corrected chi connectivity index (χ0v) is 11.1. The van der Waals surface area contributed by atoms with Crippen LogP contribution in [0.15, 0.2) is 18.2 Å². The summed E-state index contributed by atoms with van der Waals surface area (Å²) < 4.78 is 0. The summed E-state index contributed by atoms with van der Waals surface area (Å²) >= 11 is 0. The number of benzene rings is 1. The van der Waals surface area contributed by atoms with Gasteiger partial charge in [-0.2, -0.15) is 5.26 Å². The largest absolute Gasteiger partial charge is 0.391 e. The molecule has 1 saturated heterocycles. The summed E-state index contributed by atoms with van der Waals surface area (Å²) in [6.45, 7) is 3.08. The normalized spacial score (nSPS) is 21.8. The average molecular weight is 244 g/mol. The summed E-state index contributed by atoms with van der Waals surface area (Å²) in [6, 6.07) is 8.10. The van der Waals surface area contributed by atoms with Crippen LogP contribution in [-0.4, -0.2) is 35.7 Å². The standard InChI is InChI=1S/C15H20N2O/c1-11-8-12(10-16)5-6-13(11)9-15(18)14-4-3-7-17(14)2/h5-6,8,14-15,18H,3-4,7,9H2,1-2H3/t14-,15+/m0/s1. The van der Waals surface area contributed by atoms with Crippen molar-refractivity contribution in [3.63, 3.8) is 0 Å². The predicted molar refractivity (Wildman–Crippen MR) is 71.3 cm³/mol.